The molecule has 0 bridgehead atoms. The summed E-state index contributed by atoms with van der Waals surface area (Å²) in [4.78, 5) is 4.34. The summed E-state index contributed by atoms with van der Waals surface area (Å²) < 4.78 is 2.04. The number of hydrogen-bond acceptors (Lipinski definition) is 2. The zero-order valence-corrected chi connectivity index (χ0v) is 10.1. The molecule has 4 heteroatoms. The van der Waals surface area contributed by atoms with Gasteiger partial charge in [-0.2, -0.15) is 5.10 Å². The SMILES string of the molecule is CCCn1ncnc1CC1(CBr)CC1. The van der Waals surface area contributed by atoms with E-state index < -0.39 is 0 Å². The summed E-state index contributed by atoms with van der Waals surface area (Å²) >= 11 is 3.59. The Bertz CT molecular complexity index is 304. The molecule has 14 heavy (non-hydrogen) atoms. The highest BCUT2D eigenvalue weighted by Crippen LogP contribution is 2.49. The van der Waals surface area contributed by atoms with Crippen LogP contribution in [0.4, 0.5) is 0 Å². The van der Waals surface area contributed by atoms with Crippen molar-refractivity contribution in [1.82, 2.24) is 14.8 Å². The van der Waals surface area contributed by atoms with Gasteiger partial charge in [0.25, 0.3) is 0 Å². The summed E-state index contributed by atoms with van der Waals surface area (Å²) in [5.74, 6) is 1.16. The van der Waals surface area contributed by atoms with Crippen LogP contribution in [0.3, 0.4) is 0 Å². The molecule has 0 atom stereocenters. The maximum absolute atomic E-state index is 4.34. The summed E-state index contributed by atoms with van der Waals surface area (Å²) in [7, 11) is 0. The average Bonchev–Trinajstić information content (AvgIpc) is 2.84. The normalized spacial score (nSPS) is 18.4. The van der Waals surface area contributed by atoms with Gasteiger partial charge in [0.05, 0.1) is 0 Å². The van der Waals surface area contributed by atoms with Crippen LogP contribution in [-0.4, -0.2) is 20.1 Å². The highest BCUT2D eigenvalue weighted by molar-refractivity contribution is 9.09. The van der Waals surface area contributed by atoms with Crippen molar-refractivity contribution < 1.29 is 0 Å². The third-order valence-electron chi connectivity index (χ3n) is 2.90. The van der Waals surface area contributed by atoms with E-state index >= 15 is 0 Å². The zero-order chi connectivity index (χ0) is 10.0. The Hall–Kier alpha value is -0.380. The molecule has 0 spiro atoms. The number of nitrogens with zero attached hydrogens (tertiary/aromatic N) is 3. The average molecular weight is 258 g/mol. The fourth-order valence-electron chi connectivity index (χ4n) is 1.69. The molecule has 3 nitrogen and oxygen atoms in total. The van der Waals surface area contributed by atoms with Crippen molar-refractivity contribution in [2.45, 2.75) is 39.2 Å². The van der Waals surface area contributed by atoms with Gasteiger partial charge < -0.3 is 0 Å². The quantitative estimate of drug-likeness (QED) is 0.759. The Labute approximate surface area is 93.0 Å². The van der Waals surface area contributed by atoms with Crippen molar-refractivity contribution in [3.05, 3.63) is 12.2 Å². The first-order valence-corrected chi connectivity index (χ1v) is 6.34. The van der Waals surface area contributed by atoms with E-state index in [9.17, 15) is 0 Å². The van der Waals surface area contributed by atoms with Crippen LogP contribution in [0.15, 0.2) is 6.33 Å². The van der Waals surface area contributed by atoms with Crippen LogP contribution in [0.2, 0.25) is 0 Å². The lowest BCUT2D eigenvalue weighted by atomic mass is 10.1. The number of aromatic nitrogens is 3. The van der Waals surface area contributed by atoms with Crippen LogP contribution in [0.25, 0.3) is 0 Å². The first-order valence-electron chi connectivity index (χ1n) is 5.22. The molecule has 0 aliphatic heterocycles. The number of halogens is 1. The van der Waals surface area contributed by atoms with Gasteiger partial charge in [-0.3, -0.25) is 4.68 Å². The Morgan fingerprint density at radius 2 is 2.36 bits per heavy atom. The largest absolute Gasteiger partial charge is 0.250 e. The second-order valence-electron chi connectivity index (χ2n) is 4.21. The Balaban J connectivity index is 2.05. The van der Waals surface area contributed by atoms with Crippen LogP contribution in [0, 0.1) is 5.41 Å². The highest BCUT2D eigenvalue weighted by atomic mass is 79.9. The van der Waals surface area contributed by atoms with E-state index in [0.29, 0.717) is 5.41 Å². The standard InChI is InChI=1S/C10H16BrN3/c1-2-5-14-9(12-8-13-14)6-10(7-11)3-4-10/h8H,2-7H2,1H3. The maximum Gasteiger partial charge on any atom is 0.138 e. The molecule has 0 saturated heterocycles. The van der Waals surface area contributed by atoms with Gasteiger partial charge in [0, 0.05) is 18.3 Å². The van der Waals surface area contributed by atoms with Gasteiger partial charge >= 0.3 is 0 Å². The number of aryl methyl sites for hydroxylation is 1. The predicted molar refractivity (Wildman–Crippen MR) is 59.5 cm³/mol. The molecule has 1 aliphatic rings. The Kier molecular flexibility index (Phi) is 2.91. The minimum Gasteiger partial charge on any atom is -0.250 e. The zero-order valence-electron chi connectivity index (χ0n) is 8.54. The van der Waals surface area contributed by atoms with Crippen molar-refractivity contribution in [1.29, 1.82) is 0 Å². The van der Waals surface area contributed by atoms with Gasteiger partial charge in [-0.05, 0) is 24.7 Å². The molecule has 1 aromatic heterocycles. The van der Waals surface area contributed by atoms with Crippen molar-refractivity contribution in [3.63, 3.8) is 0 Å². The lowest BCUT2D eigenvalue weighted by molar-refractivity contribution is 0.504. The topological polar surface area (TPSA) is 30.7 Å². The van der Waals surface area contributed by atoms with E-state index in [4.69, 9.17) is 0 Å². The van der Waals surface area contributed by atoms with Crippen LogP contribution >= 0.6 is 15.9 Å². The Morgan fingerprint density at radius 1 is 1.57 bits per heavy atom. The van der Waals surface area contributed by atoms with Crippen LogP contribution < -0.4 is 0 Å². The lowest BCUT2D eigenvalue weighted by Crippen LogP contribution is -2.13. The number of rotatable bonds is 5. The van der Waals surface area contributed by atoms with E-state index in [0.717, 1.165) is 30.5 Å². The van der Waals surface area contributed by atoms with Gasteiger partial charge in [0.15, 0.2) is 0 Å². The van der Waals surface area contributed by atoms with Gasteiger partial charge in [-0.1, -0.05) is 22.9 Å². The molecular formula is C10H16BrN3. The molecule has 1 saturated carbocycles. The molecule has 2 rings (SSSR count). The van der Waals surface area contributed by atoms with Gasteiger partial charge in [0.1, 0.15) is 12.2 Å². The van der Waals surface area contributed by atoms with Gasteiger partial charge in [0.2, 0.25) is 0 Å². The van der Waals surface area contributed by atoms with E-state index in [1.54, 1.807) is 6.33 Å². The van der Waals surface area contributed by atoms with E-state index in [1.165, 1.54) is 12.8 Å². The minimum atomic E-state index is 0.499. The minimum absolute atomic E-state index is 0.499. The molecule has 0 amide bonds. The van der Waals surface area contributed by atoms with Crippen molar-refractivity contribution in [2.75, 3.05) is 5.33 Å². The predicted octanol–water partition coefficient (Wildman–Crippen LogP) is 2.41. The van der Waals surface area contributed by atoms with Crippen LogP contribution in [0.1, 0.15) is 32.0 Å². The highest BCUT2D eigenvalue weighted by Gasteiger charge is 2.42. The smallest absolute Gasteiger partial charge is 0.138 e. The summed E-state index contributed by atoms with van der Waals surface area (Å²) in [6, 6.07) is 0. The maximum atomic E-state index is 4.34. The fourth-order valence-corrected chi connectivity index (χ4v) is 2.45. The van der Waals surface area contributed by atoms with Gasteiger partial charge in [-0.15, -0.1) is 0 Å². The molecule has 0 radical (unpaired) electrons. The van der Waals surface area contributed by atoms with E-state index in [2.05, 4.69) is 32.9 Å². The fraction of sp³-hybridized carbons (Fsp3) is 0.800. The van der Waals surface area contributed by atoms with Crippen LogP contribution in [-0.2, 0) is 13.0 Å². The third-order valence-corrected chi connectivity index (χ3v) is 4.09. The van der Waals surface area contributed by atoms with E-state index in [-0.39, 0.29) is 0 Å². The third kappa shape index (κ3) is 2.00. The summed E-state index contributed by atoms with van der Waals surface area (Å²) in [6.45, 7) is 3.16. The molecule has 1 heterocycles. The molecule has 0 N–H and O–H groups in total. The molecule has 0 aromatic carbocycles. The van der Waals surface area contributed by atoms with Crippen molar-refractivity contribution >= 4 is 15.9 Å². The summed E-state index contributed by atoms with van der Waals surface area (Å²) in [6.07, 6.45) is 6.54. The number of alkyl halides is 1. The molecule has 1 aromatic rings. The molecule has 78 valence electrons. The first-order chi connectivity index (χ1) is 6.79. The van der Waals surface area contributed by atoms with Crippen molar-refractivity contribution in [2.24, 2.45) is 5.41 Å². The lowest BCUT2D eigenvalue weighted by Gasteiger charge is -2.11. The first kappa shape index (κ1) is 10.1. The molecule has 1 aliphatic carbocycles. The van der Waals surface area contributed by atoms with Crippen LogP contribution in [0.5, 0.6) is 0 Å². The molecular weight excluding hydrogens is 242 g/mol. The molecule has 0 unspecified atom stereocenters. The number of hydrogen-bond donors (Lipinski definition) is 0. The summed E-state index contributed by atoms with van der Waals surface area (Å²) in [5, 5.41) is 5.34. The molecule has 1 fully saturated rings. The summed E-state index contributed by atoms with van der Waals surface area (Å²) in [5.41, 5.74) is 0.499. The van der Waals surface area contributed by atoms with E-state index in [1.807, 2.05) is 4.68 Å². The second kappa shape index (κ2) is 4.01. The monoisotopic (exact) mass is 257 g/mol. The second-order valence-corrected chi connectivity index (χ2v) is 4.77. The van der Waals surface area contributed by atoms with Crippen molar-refractivity contribution in [3.8, 4) is 0 Å². The Morgan fingerprint density at radius 3 is 2.93 bits per heavy atom. The van der Waals surface area contributed by atoms with Gasteiger partial charge in [-0.25, -0.2) is 4.98 Å².